The van der Waals surface area contributed by atoms with E-state index in [0.717, 1.165) is 16.7 Å². The van der Waals surface area contributed by atoms with Crippen molar-refractivity contribution < 1.29 is 19.1 Å². The molecule has 1 saturated heterocycles. The minimum Gasteiger partial charge on any atom is -0.380 e. The van der Waals surface area contributed by atoms with Gasteiger partial charge in [0.2, 0.25) is 11.8 Å². The Bertz CT molecular complexity index is 1030. The number of ketones is 1. The number of carbonyl (C=O) groups excluding carboxylic acids is 3. The largest absolute Gasteiger partial charge is 0.380 e. The number of rotatable bonds is 8. The van der Waals surface area contributed by atoms with Crippen LogP contribution in [0, 0.1) is 5.92 Å². The number of hydrogen-bond donors (Lipinski definition) is 2. The molecule has 0 spiro atoms. The maximum absolute atomic E-state index is 13.4. The molecular formula is C26H31ClN2O4. The average molecular weight is 471 g/mol. The van der Waals surface area contributed by atoms with Gasteiger partial charge in [0.25, 0.3) is 0 Å². The Morgan fingerprint density at radius 1 is 1.15 bits per heavy atom. The molecule has 1 fully saturated rings. The third-order valence-corrected chi connectivity index (χ3v) is 6.11. The Kier molecular flexibility index (Phi) is 7.92. The SMILES string of the molecule is COCc1ccc([C@@H](NC(=O)[C@@H]2CNC(=O)C2)C(=O)Cc2ccc(C(C)(C)C)c(Cl)c2)cc1. The van der Waals surface area contributed by atoms with Crippen molar-refractivity contribution in [1.29, 1.82) is 0 Å². The maximum atomic E-state index is 13.4. The van der Waals surface area contributed by atoms with E-state index in [2.05, 4.69) is 31.4 Å². The lowest BCUT2D eigenvalue weighted by atomic mass is 9.86. The van der Waals surface area contributed by atoms with Crippen LogP contribution in [0.25, 0.3) is 0 Å². The predicted octanol–water partition coefficient (Wildman–Crippen LogP) is 3.89. The van der Waals surface area contributed by atoms with Gasteiger partial charge < -0.3 is 15.4 Å². The molecule has 2 atom stereocenters. The van der Waals surface area contributed by atoms with Gasteiger partial charge in [-0.15, -0.1) is 0 Å². The molecule has 0 unspecified atom stereocenters. The van der Waals surface area contributed by atoms with E-state index in [-0.39, 0.29) is 42.4 Å². The molecule has 0 aliphatic carbocycles. The number of amides is 2. The number of halogens is 1. The zero-order chi connectivity index (χ0) is 24.2. The van der Waals surface area contributed by atoms with Crippen molar-refractivity contribution in [3.63, 3.8) is 0 Å². The van der Waals surface area contributed by atoms with Crippen LogP contribution in [-0.2, 0) is 37.6 Å². The molecule has 7 heteroatoms. The maximum Gasteiger partial charge on any atom is 0.226 e. The Morgan fingerprint density at radius 2 is 1.82 bits per heavy atom. The van der Waals surface area contributed by atoms with E-state index in [1.54, 1.807) is 7.11 Å². The van der Waals surface area contributed by atoms with Gasteiger partial charge in [0.15, 0.2) is 5.78 Å². The fraction of sp³-hybridized carbons (Fsp3) is 0.423. The van der Waals surface area contributed by atoms with Crippen molar-refractivity contribution >= 4 is 29.2 Å². The first-order valence-electron chi connectivity index (χ1n) is 11.0. The molecular weight excluding hydrogens is 440 g/mol. The van der Waals surface area contributed by atoms with Gasteiger partial charge >= 0.3 is 0 Å². The van der Waals surface area contributed by atoms with Gasteiger partial charge in [-0.25, -0.2) is 0 Å². The Morgan fingerprint density at radius 3 is 2.36 bits per heavy atom. The van der Waals surface area contributed by atoms with E-state index >= 15 is 0 Å². The number of nitrogens with one attached hydrogen (secondary N) is 2. The molecule has 33 heavy (non-hydrogen) atoms. The highest BCUT2D eigenvalue weighted by Gasteiger charge is 2.31. The van der Waals surface area contributed by atoms with Gasteiger partial charge in [0.05, 0.1) is 12.5 Å². The number of hydrogen-bond acceptors (Lipinski definition) is 4. The third kappa shape index (κ3) is 6.42. The number of methoxy groups -OCH3 is 1. The van der Waals surface area contributed by atoms with Crippen molar-refractivity contribution in [3.05, 3.63) is 69.7 Å². The van der Waals surface area contributed by atoms with Gasteiger partial charge in [0, 0.05) is 31.5 Å². The van der Waals surface area contributed by atoms with Crippen LogP contribution in [0.2, 0.25) is 5.02 Å². The number of benzene rings is 2. The standard InChI is InChI=1S/C26H31ClN2O4/c1-26(2,3)20-10-7-17(11-21(20)27)12-22(30)24(18-8-5-16(6-9-18)15-33-4)29-25(32)19-13-23(31)28-14-19/h5-11,19,24H,12-15H2,1-4H3,(H,28,31)(H,29,32)/t19-,24+/m0/s1. The smallest absolute Gasteiger partial charge is 0.226 e. The van der Waals surface area contributed by atoms with Crippen LogP contribution in [-0.4, -0.2) is 31.3 Å². The second-order valence-corrected chi connectivity index (χ2v) is 9.94. The molecule has 0 bridgehead atoms. The summed E-state index contributed by atoms with van der Waals surface area (Å²) in [6.45, 7) is 6.99. The Labute approximate surface area is 200 Å². The molecule has 1 aliphatic rings. The lowest BCUT2D eigenvalue weighted by Gasteiger charge is -2.22. The molecule has 176 valence electrons. The molecule has 2 aromatic rings. The Balaban J connectivity index is 1.83. The average Bonchev–Trinajstić information content (AvgIpc) is 3.18. The third-order valence-electron chi connectivity index (χ3n) is 5.80. The van der Waals surface area contributed by atoms with Gasteiger partial charge in [-0.1, -0.05) is 68.8 Å². The van der Waals surface area contributed by atoms with Crippen molar-refractivity contribution in [2.45, 2.75) is 51.7 Å². The van der Waals surface area contributed by atoms with Gasteiger partial charge in [0.1, 0.15) is 6.04 Å². The predicted molar refractivity (Wildman–Crippen MR) is 128 cm³/mol. The van der Waals surface area contributed by atoms with Gasteiger partial charge in [-0.3, -0.25) is 14.4 Å². The van der Waals surface area contributed by atoms with Crippen LogP contribution in [0.15, 0.2) is 42.5 Å². The first-order chi connectivity index (χ1) is 15.6. The summed E-state index contributed by atoms with van der Waals surface area (Å²) in [6, 6.07) is 12.3. The minimum absolute atomic E-state index is 0.104. The lowest BCUT2D eigenvalue weighted by Crippen LogP contribution is -2.39. The summed E-state index contributed by atoms with van der Waals surface area (Å²) in [5.41, 5.74) is 3.34. The van der Waals surface area contributed by atoms with E-state index in [0.29, 0.717) is 17.2 Å². The van der Waals surface area contributed by atoms with Crippen LogP contribution in [0.4, 0.5) is 0 Å². The normalized spacial score (nSPS) is 16.9. The van der Waals surface area contributed by atoms with Crippen molar-refractivity contribution in [2.75, 3.05) is 13.7 Å². The van der Waals surface area contributed by atoms with Crippen LogP contribution in [0.5, 0.6) is 0 Å². The highest BCUT2D eigenvalue weighted by atomic mass is 35.5. The summed E-state index contributed by atoms with van der Waals surface area (Å²) in [4.78, 5) is 37.7. The summed E-state index contributed by atoms with van der Waals surface area (Å²) < 4.78 is 5.15. The van der Waals surface area contributed by atoms with E-state index < -0.39 is 12.0 Å². The van der Waals surface area contributed by atoms with E-state index in [1.165, 1.54) is 0 Å². The Hall–Kier alpha value is -2.70. The van der Waals surface area contributed by atoms with Crippen LogP contribution in [0.3, 0.4) is 0 Å². The van der Waals surface area contributed by atoms with Crippen molar-refractivity contribution in [2.24, 2.45) is 5.92 Å². The fourth-order valence-corrected chi connectivity index (χ4v) is 4.44. The van der Waals surface area contributed by atoms with E-state index in [4.69, 9.17) is 16.3 Å². The summed E-state index contributed by atoms with van der Waals surface area (Å²) in [5, 5.41) is 6.16. The van der Waals surface area contributed by atoms with Gasteiger partial charge in [-0.05, 0) is 33.7 Å². The molecule has 0 saturated carbocycles. The monoisotopic (exact) mass is 470 g/mol. The van der Waals surface area contributed by atoms with E-state index in [9.17, 15) is 14.4 Å². The van der Waals surface area contributed by atoms with E-state index in [1.807, 2.05) is 42.5 Å². The quantitative estimate of drug-likeness (QED) is 0.613. The molecule has 0 radical (unpaired) electrons. The molecule has 2 aromatic carbocycles. The molecule has 3 rings (SSSR count). The van der Waals surface area contributed by atoms with Gasteiger partial charge in [-0.2, -0.15) is 0 Å². The fourth-order valence-electron chi connectivity index (χ4n) is 3.95. The summed E-state index contributed by atoms with van der Waals surface area (Å²) in [6.07, 6.45) is 0.250. The van der Waals surface area contributed by atoms with Crippen molar-refractivity contribution in [1.82, 2.24) is 10.6 Å². The highest BCUT2D eigenvalue weighted by Crippen LogP contribution is 2.30. The molecule has 2 N–H and O–H groups in total. The number of Topliss-reactive ketones (excluding diaryl/α,β-unsaturated/α-hetero) is 1. The summed E-state index contributed by atoms with van der Waals surface area (Å²) in [7, 11) is 1.62. The molecule has 0 aromatic heterocycles. The molecule has 1 aliphatic heterocycles. The van der Waals surface area contributed by atoms with Crippen molar-refractivity contribution in [3.8, 4) is 0 Å². The number of carbonyl (C=O) groups is 3. The second kappa shape index (κ2) is 10.5. The second-order valence-electron chi connectivity index (χ2n) is 9.53. The highest BCUT2D eigenvalue weighted by molar-refractivity contribution is 6.31. The molecule has 1 heterocycles. The number of ether oxygens (including phenoxy) is 1. The summed E-state index contributed by atoms with van der Waals surface area (Å²) in [5.74, 6) is -1.11. The van der Waals surface area contributed by atoms with Crippen LogP contribution >= 0.6 is 11.6 Å². The zero-order valence-electron chi connectivity index (χ0n) is 19.5. The first kappa shape index (κ1) is 24.9. The molecule has 2 amide bonds. The first-order valence-corrected chi connectivity index (χ1v) is 11.4. The van der Waals surface area contributed by atoms with Crippen LogP contribution in [0.1, 0.15) is 55.5 Å². The zero-order valence-corrected chi connectivity index (χ0v) is 20.3. The topological polar surface area (TPSA) is 84.5 Å². The molecule has 6 nitrogen and oxygen atoms in total. The van der Waals surface area contributed by atoms with Crippen LogP contribution < -0.4 is 10.6 Å². The minimum atomic E-state index is -0.828. The lowest BCUT2D eigenvalue weighted by molar-refractivity contribution is -0.130. The summed E-state index contributed by atoms with van der Waals surface area (Å²) >= 11 is 6.49.